The van der Waals surface area contributed by atoms with E-state index in [1.54, 1.807) is 7.11 Å². The molecule has 1 aliphatic carbocycles. The Bertz CT molecular complexity index is 799. The van der Waals surface area contributed by atoms with Crippen LogP contribution in [0.15, 0.2) is 48.6 Å². The molecule has 0 aromatic heterocycles. The molecule has 37 heavy (non-hydrogen) atoms. The Balaban J connectivity index is 0.00000102. The lowest BCUT2D eigenvalue weighted by molar-refractivity contribution is -0.140. The van der Waals surface area contributed by atoms with Crippen molar-refractivity contribution in [2.75, 3.05) is 40.2 Å². The van der Waals surface area contributed by atoms with Gasteiger partial charge in [0.1, 0.15) is 12.9 Å². The molecule has 2 N–H and O–H groups in total. The van der Waals surface area contributed by atoms with Crippen LogP contribution in [0, 0.1) is 11.8 Å². The lowest BCUT2D eigenvalue weighted by Gasteiger charge is -2.28. The molecule has 1 aromatic carbocycles. The first-order valence-electron chi connectivity index (χ1n) is 13.2. The maximum Gasteiger partial charge on any atom is 0.335 e. The van der Waals surface area contributed by atoms with Crippen molar-refractivity contribution in [3.05, 3.63) is 59.7 Å². The number of carbonyl (C=O) groups is 2. The number of esters is 1. The van der Waals surface area contributed by atoms with E-state index in [2.05, 4.69) is 37.4 Å². The number of aryl methyl sites for hydroxylation is 1. The molecule has 0 bridgehead atoms. The Morgan fingerprint density at radius 1 is 1.03 bits per heavy atom. The van der Waals surface area contributed by atoms with Gasteiger partial charge in [-0.2, -0.15) is 0 Å². The average Bonchev–Trinajstić information content (AvgIpc) is 2.94. The topological polar surface area (TPSA) is 93.1 Å². The Hall–Kier alpha value is -2.35. The molecule has 1 fully saturated rings. The number of unbranched alkanes of at least 4 members (excludes halogenated alkanes) is 1. The number of aldehydes is 1. The Morgan fingerprint density at radius 3 is 2.14 bits per heavy atom. The third kappa shape index (κ3) is 13.7. The van der Waals surface area contributed by atoms with Crippen molar-refractivity contribution in [2.45, 2.75) is 63.7 Å². The van der Waals surface area contributed by atoms with Crippen molar-refractivity contribution < 1.29 is 33.7 Å². The fourth-order valence-corrected chi connectivity index (χ4v) is 4.49. The summed E-state index contributed by atoms with van der Waals surface area (Å²) in [6.45, 7) is 6.50. The molecule has 0 amide bonds. The van der Waals surface area contributed by atoms with Gasteiger partial charge in [0.2, 0.25) is 0 Å². The quantitative estimate of drug-likeness (QED) is 0.136. The number of benzene rings is 1. The first-order chi connectivity index (χ1) is 17.9. The molecule has 0 radical (unpaired) electrons. The van der Waals surface area contributed by atoms with Gasteiger partial charge in [-0.15, -0.1) is 0 Å². The van der Waals surface area contributed by atoms with E-state index in [-0.39, 0.29) is 37.0 Å². The van der Waals surface area contributed by atoms with Crippen LogP contribution in [0.2, 0.25) is 0 Å². The highest BCUT2D eigenvalue weighted by Gasteiger charge is 2.21. The number of aliphatic hydroxyl groups excluding tert-OH is 2. The number of halogens is 1. The Morgan fingerprint density at radius 2 is 1.65 bits per heavy atom. The number of carbonyl (C=O) groups excluding carboxylic acids is 2. The fourth-order valence-electron chi connectivity index (χ4n) is 4.49. The summed E-state index contributed by atoms with van der Waals surface area (Å²) in [5.74, 6) is 0.986. The summed E-state index contributed by atoms with van der Waals surface area (Å²) < 4.78 is 22.8. The van der Waals surface area contributed by atoms with Crippen LogP contribution in [-0.4, -0.2) is 62.7 Å². The monoisotopic (exact) mass is 520 g/mol. The van der Waals surface area contributed by atoms with Crippen LogP contribution in [0.5, 0.6) is 0 Å². The van der Waals surface area contributed by atoms with E-state index in [0.29, 0.717) is 12.9 Å². The highest BCUT2D eigenvalue weighted by atomic mass is 19.1. The molecule has 208 valence electrons. The van der Waals surface area contributed by atoms with Crippen LogP contribution in [0.4, 0.5) is 4.39 Å². The van der Waals surface area contributed by atoms with Gasteiger partial charge in [-0.05, 0) is 42.2 Å². The fraction of sp³-hybridized carbons (Fsp3) is 0.600. The predicted octanol–water partition coefficient (Wildman–Crippen LogP) is 5.12. The zero-order chi connectivity index (χ0) is 27.5. The zero-order valence-electron chi connectivity index (χ0n) is 22.3. The van der Waals surface area contributed by atoms with Gasteiger partial charge in [-0.3, -0.25) is 9.18 Å². The number of ether oxygens (including phenoxy) is 2. The van der Waals surface area contributed by atoms with E-state index in [9.17, 15) is 14.0 Å². The molecule has 1 aromatic rings. The summed E-state index contributed by atoms with van der Waals surface area (Å²) in [6, 6.07) is 8.51. The van der Waals surface area contributed by atoms with E-state index in [0.717, 1.165) is 36.7 Å². The lowest BCUT2D eigenvalue weighted by Crippen LogP contribution is -2.18. The second-order valence-corrected chi connectivity index (χ2v) is 9.80. The van der Waals surface area contributed by atoms with Gasteiger partial charge >= 0.3 is 5.97 Å². The van der Waals surface area contributed by atoms with Crippen LogP contribution in [-0.2, 0) is 25.5 Å². The van der Waals surface area contributed by atoms with Crippen molar-refractivity contribution in [1.82, 2.24) is 0 Å². The highest BCUT2D eigenvalue weighted by Crippen LogP contribution is 2.34. The minimum absolute atomic E-state index is 0.0535. The smallest absolute Gasteiger partial charge is 0.335 e. The third-order valence-corrected chi connectivity index (χ3v) is 6.89. The maximum absolute atomic E-state index is 12.3. The molecule has 2 rings (SSSR count). The van der Waals surface area contributed by atoms with Gasteiger partial charge in [0.15, 0.2) is 0 Å². The van der Waals surface area contributed by atoms with Crippen molar-refractivity contribution in [2.24, 2.45) is 11.8 Å². The number of rotatable bonds is 16. The van der Waals surface area contributed by atoms with Crippen LogP contribution in [0.1, 0.15) is 68.4 Å². The first kappa shape index (κ1) is 32.7. The van der Waals surface area contributed by atoms with Gasteiger partial charge in [-0.25, -0.2) is 4.79 Å². The molecule has 0 heterocycles. The van der Waals surface area contributed by atoms with Crippen molar-refractivity contribution in [1.29, 1.82) is 0 Å². The summed E-state index contributed by atoms with van der Waals surface area (Å²) in [5, 5.41) is 17.0. The summed E-state index contributed by atoms with van der Waals surface area (Å²) in [4.78, 5) is 21.2. The summed E-state index contributed by atoms with van der Waals surface area (Å²) in [5.41, 5.74) is 2.67. The maximum atomic E-state index is 12.3. The molecular formula is C30H45FO6. The summed E-state index contributed by atoms with van der Waals surface area (Å²) >= 11 is 0. The minimum atomic E-state index is -0.572. The number of aliphatic hydroxyl groups is 2. The average molecular weight is 521 g/mol. The van der Waals surface area contributed by atoms with E-state index in [1.807, 2.05) is 0 Å². The first-order valence-corrected chi connectivity index (χ1v) is 13.2. The molecule has 0 aliphatic heterocycles. The number of alkyl halides is 1. The molecule has 0 saturated heterocycles. The third-order valence-electron chi connectivity index (χ3n) is 6.89. The largest absolute Gasteiger partial charge is 0.462 e. The highest BCUT2D eigenvalue weighted by molar-refractivity contribution is 5.87. The van der Waals surface area contributed by atoms with E-state index in [4.69, 9.17) is 19.7 Å². The number of hydrogen-bond donors (Lipinski definition) is 2. The predicted molar refractivity (Wildman–Crippen MR) is 144 cm³/mol. The number of methoxy groups -OCH3 is 1. The van der Waals surface area contributed by atoms with E-state index in [1.165, 1.54) is 44.1 Å². The Labute approximate surface area is 221 Å². The molecule has 1 atom stereocenters. The Kier molecular flexibility index (Phi) is 17.4. The van der Waals surface area contributed by atoms with Crippen LogP contribution in [0.25, 0.3) is 0 Å². The van der Waals surface area contributed by atoms with Crippen molar-refractivity contribution >= 4 is 12.3 Å². The normalized spacial score (nSPS) is 17.7. The molecule has 1 unspecified atom stereocenters. The number of hydrogen-bond acceptors (Lipinski definition) is 6. The second-order valence-electron chi connectivity index (χ2n) is 9.80. The van der Waals surface area contributed by atoms with Crippen molar-refractivity contribution in [3.63, 3.8) is 0 Å². The molecule has 1 aliphatic rings. The van der Waals surface area contributed by atoms with Gasteiger partial charge in [0.25, 0.3) is 0 Å². The SMILES string of the molecule is C=C(C=O)CO.C=C(CO)C(=O)OCC(COC)c1ccc(CCC2CCC(CCCCF)CC2)cc1. The van der Waals surface area contributed by atoms with Gasteiger partial charge in [0.05, 0.1) is 32.1 Å². The minimum Gasteiger partial charge on any atom is -0.462 e. The van der Waals surface area contributed by atoms with Crippen LogP contribution in [0.3, 0.4) is 0 Å². The molecule has 7 heteroatoms. The zero-order valence-corrected chi connectivity index (χ0v) is 22.3. The summed E-state index contributed by atoms with van der Waals surface area (Å²) in [7, 11) is 1.63. The van der Waals surface area contributed by atoms with Gasteiger partial charge in [-0.1, -0.05) is 75.9 Å². The lowest BCUT2D eigenvalue weighted by atomic mass is 9.78. The summed E-state index contributed by atoms with van der Waals surface area (Å²) in [6.07, 6.45) is 11.0. The van der Waals surface area contributed by atoms with Crippen LogP contribution < -0.4 is 0 Å². The van der Waals surface area contributed by atoms with Gasteiger partial charge < -0.3 is 19.7 Å². The molecule has 0 spiro atoms. The van der Waals surface area contributed by atoms with Crippen molar-refractivity contribution in [3.8, 4) is 0 Å². The second kappa shape index (κ2) is 19.7. The van der Waals surface area contributed by atoms with E-state index < -0.39 is 12.6 Å². The molecular weight excluding hydrogens is 475 g/mol. The molecule has 1 saturated carbocycles. The van der Waals surface area contributed by atoms with E-state index >= 15 is 0 Å². The van der Waals surface area contributed by atoms with Gasteiger partial charge in [0, 0.05) is 18.6 Å². The molecule has 6 nitrogen and oxygen atoms in total. The van der Waals surface area contributed by atoms with Crippen LogP contribution >= 0.6 is 0 Å². The standard InChI is InChI=1S/C26H39FO4.C4H6O2/c1-20(17-28)26(29)31-19-25(18-30-2)24-14-12-23(13-15-24)11-10-22-8-6-21(7-9-22)5-3-4-16-27;1-4(2-5)3-6/h12-15,21-22,25,28H,1,3-11,16-19H2,2H3;2,6H,1,3H2.